The van der Waals surface area contributed by atoms with Crippen molar-refractivity contribution >= 4 is 0 Å². The Hall–Kier alpha value is -0.820. The standard InChI is InChI=1S/C16H23N/c1-12-8-9-15(13-5-4-10-17-11-13)16-7-3-2-6-14(12)16/h8-9,13,17H,2-7,10-11H2,1H3. The Morgan fingerprint density at radius 2 is 1.88 bits per heavy atom. The van der Waals surface area contributed by atoms with E-state index in [1.165, 1.54) is 57.2 Å². The minimum Gasteiger partial charge on any atom is -0.316 e. The quantitative estimate of drug-likeness (QED) is 0.779. The number of rotatable bonds is 1. The molecular formula is C16H23N. The zero-order valence-electron chi connectivity index (χ0n) is 10.9. The second-order valence-corrected chi connectivity index (χ2v) is 5.68. The van der Waals surface area contributed by atoms with Gasteiger partial charge in [0.05, 0.1) is 0 Å². The maximum Gasteiger partial charge on any atom is 0.00202 e. The van der Waals surface area contributed by atoms with Gasteiger partial charge in [0.2, 0.25) is 0 Å². The van der Waals surface area contributed by atoms with Crippen molar-refractivity contribution in [3.8, 4) is 0 Å². The fourth-order valence-electron chi connectivity index (χ4n) is 3.57. The van der Waals surface area contributed by atoms with Gasteiger partial charge in [0, 0.05) is 6.54 Å². The van der Waals surface area contributed by atoms with E-state index < -0.39 is 0 Å². The Labute approximate surface area is 105 Å². The summed E-state index contributed by atoms with van der Waals surface area (Å²) in [6.07, 6.45) is 8.14. The van der Waals surface area contributed by atoms with Crippen LogP contribution in [0.4, 0.5) is 0 Å². The van der Waals surface area contributed by atoms with Gasteiger partial charge in [0.25, 0.3) is 0 Å². The van der Waals surface area contributed by atoms with Gasteiger partial charge in [0.15, 0.2) is 0 Å². The lowest BCUT2D eigenvalue weighted by atomic mass is 9.80. The third-order valence-corrected chi connectivity index (χ3v) is 4.54. The second kappa shape index (κ2) is 4.81. The minimum absolute atomic E-state index is 0.774. The van der Waals surface area contributed by atoms with Crippen LogP contribution in [0.15, 0.2) is 12.1 Å². The van der Waals surface area contributed by atoms with E-state index >= 15 is 0 Å². The third kappa shape index (κ3) is 2.13. The molecule has 3 rings (SSSR count). The lowest BCUT2D eigenvalue weighted by Crippen LogP contribution is -2.29. The molecule has 17 heavy (non-hydrogen) atoms. The van der Waals surface area contributed by atoms with Crippen LogP contribution in [0.2, 0.25) is 0 Å². The molecule has 1 saturated heterocycles. The van der Waals surface area contributed by atoms with Gasteiger partial charge < -0.3 is 5.32 Å². The third-order valence-electron chi connectivity index (χ3n) is 4.54. The van der Waals surface area contributed by atoms with Gasteiger partial charge in [-0.25, -0.2) is 0 Å². The van der Waals surface area contributed by atoms with E-state index in [1.54, 1.807) is 16.7 Å². The molecule has 1 atom stereocenters. The number of nitrogens with one attached hydrogen (secondary N) is 1. The van der Waals surface area contributed by atoms with Crippen molar-refractivity contribution in [2.75, 3.05) is 13.1 Å². The first-order valence-corrected chi connectivity index (χ1v) is 7.18. The van der Waals surface area contributed by atoms with E-state index in [4.69, 9.17) is 0 Å². The zero-order valence-corrected chi connectivity index (χ0v) is 10.9. The van der Waals surface area contributed by atoms with Crippen molar-refractivity contribution in [3.63, 3.8) is 0 Å². The summed E-state index contributed by atoms with van der Waals surface area (Å²) >= 11 is 0. The fourth-order valence-corrected chi connectivity index (χ4v) is 3.57. The molecule has 0 bridgehead atoms. The van der Waals surface area contributed by atoms with Gasteiger partial charge in [-0.3, -0.25) is 0 Å². The SMILES string of the molecule is Cc1ccc(C2CCCNC2)c2c1CCCC2. The lowest BCUT2D eigenvalue weighted by molar-refractivity contribution is 0.457. The van der Waals surface area contributed by atoms with Gasteiger partial charge in [-0.15, -0.1) is 0 Å². The molecule has 0 radical (unpaired) electrons. The second-order valence-electron chi connectivity index (χ2n) is 5.68. The van der Waals surface area contributed by atoms with Crippen LogP contribution in [0, 0.1) is 6.92 Å². The number of fused-ring (bicyclic) bond motifs is 1. The summed E-state index contributed by atoms with van der Waals surface area (Å²) in [6, 6.07) is 4.77. The molecule has 1 aliphatic heterocycles. The van der Waals surface area contributed by atoms with Crippen molar-refractivity contribution < 1.29 is 0 Å². The van der Waals surface area contributed by atoms with Crippen molar-refractivity contribution in [2.45, 2.75) is 51.4 Å². The monoisotopic (exact) mass is 229 g/mol. The summed E-state index contributed by atoms with van der Waals surface area (Å²) in [5, 5.41) is 3.55. The number of piperidine rings is 1. The molecular weight excluding hydrogens is 206 g/mol. The van der Waals surface area contributed by atoms with E-state index in [0.717, 1.165) is 5.92 Å². The highest BCUT2D eigenvalue weighted by Crippen LogP contribution is 2.33. The van der Waals surface area contributed by atoms with Crippen molar-refractivity contribution in [2.24, 2.45) is 0 Å². The van der Waals surface area contributed by atoms with E-state index in [1.807, 2.05) is 0 Å². The van der Waals surface area contributed by atoms with Crippen LogP contribution >= 0.6 is 0 Å². The molecule has 92 valence electrons. The smallest absolute Gasteiger partial charge is 0.00202 e. The van der Waals surface area contributed by atoms with Crippen LogP contribution in [-0.2, 0) is 12.8 Å². The first-order valence-electron chi connectivity index (χ1n) is 7.18. The van der Waals surface area contributed by atoms with Gasteiger partial charge in [-0.2, -0.15) is 0 Å². The topological polar surface area (TPSA) is 12.0 Å². The first kappa shape index (κ1) is 11.3. The number of hydrogen-bond acceptors (Lipinski definition) is 1. The minimum atomic E-state index is 0.774. The largest absolute Gasteiger partial charge is 0.316 e. The molecule has 1 aliphatic carbocycles. The zero-order chi connectivity index (χ0) is 11.7. The lowest BCUT2D eigenvalue weighted by Gasteiger charge is -2.29. The number of benzene rings is 1. The molecule has 1 nitrogen and oxygen atoms in total. The van der Waals surface area contributed by atoms with Gasteiger partial charge in [0.1, 0.15) is 0 Å². The van der Waals surface area contributed by atoms with E-state index in [2.05, 4.69) is 24.4 Å². The number of hydrogen-bond donors (Lipinski definition) is 1. The maximum absolute atomic E-state index is 3.55. The molecule has 1 N–H and O–H groups in total. The Morgan fingerprint density at radius 1 is 1.06 bits per heavy atom. The van der Waals surface area contributed by atoms with Crippen molar-refractivity contribution in [3.05, 3.63) is 34.4 Å². The molecule has 1 unspecified atom stereocenters. The molecule has 0 aromatic heterocycles. The Balaban J connectivity index is 1.98. The molecule has 1 aromatic rings. The first-order chi connectivity index (χ1) is 8.36. The molecule has 0 amide bonds. The molecule has 1 heterocycles. The molecule has 1 aromatic carbocycles. The van der Waals surface area contributed by atoms with Crippen LogP contribution in [0.3, 0.4) is 0 Å². The average molecular weight is 229 g/mol. The van der Waals surface area contributed by atoms with E-state index in [9.17, 15) is 0 Å². The molecule has 1 fully saturated rings. The summed E-state index contributed by atoms with van der Waals surface area (Å²) < 4.78 is 0. The molecule has 2 aliphatic rings. The fraction of sp³-hybridized carbons (Fsp3) is 0.625. The predicted octanol–water partition coefficient (Wildman–Crippen LogP) is 3.34. The van der Waals surface area contributed by atoms with Crippen molar-refractivity contribution in [1.29, 1.82) is 0 Å². The highest BCUT2D eigenvalue weighted by atomic mass is 14.9. The maximum atomic E-state index is 3.55. The van der Waals surface area contributed by atoms with Gasteiger partial charge in [-0.05, 0) is 80.2 Å². The van der Waals surface area contributed by atoms with E-state index in [-0.39, 0.29) is 0 Å². The molecule has 0 spiro atoms. The summed E-state index contributed by atoms with van der Waals surface area (Å²) in [5.41, 5.74) is 6.58. The van der Waals surface area contributed by atoms with Crippen LogP contribution in [0.5, 0.6) is 0 Å². The van der Waals surface area contributed by atoms with Crippen LogP contribution in [-0.4, -0.2) is 13.1 Å². The average Bonchev–Trinajstić information content (AvgIpc) is 2.41. The van der Waals surface area contributed by atoms with Crippen LogP contribution in [0.1, 0.15) is 53.9 Å². The summed E-state index contributed by atoms with van der Waals surface area (Å²) in [7, 11) is 0. The number of aryl methyl sites for hydroxylation is 1. The summed E-state index contributed by atoms with van der Waals surface area (Å²) in [4.78, 5) is 0. The van der Waals surface area contributed by atoms with Gasteiger partial charge in [-0.1, -0.05) is 12.1 Å². The normalized spacial score (nSPS) is 24.4. The summed E-state index contributed by atoms with van der Waals surface area (Å²) in [6.45, 7) is 4.69. The predicted molar refractivity (Wildman–Crippen MR) is 72.7 cm³/mol. The van der Waals surface area contributed by atoms with Crippen LogP contribution < -0.4 is 5.32 Å². The van der Waals surface area contributed by atoms with Gasteiger partial charge >= 0.3 is 0 Å². The van der Waals surface area contributed by atoms with Crippen LogP contribution in [0.25, 0.3) is 0 Å². The Kier molecular flexibility index (Phi) is 3.19. The van der Waals surface area contributed by atoms with Crippen molar-refractivity contribution in [1.82, 2.24) is 5.32 Å². The molecule has 1 heteroatoms. The van der Waals surface area contributed by atoms with E-state index in [0.29, 0.717) is 0 Å². The Bertz CT molecular complexity index is 402. The Morgan fingerprint density at radius 3 is 2.65 bits per heavy atom. The molecule has 0 saturated carbocycles. The summed E-state index contributed by atoms with van der Waals surface area (Å²) in [5.74, 6) is 0.774. The highest BCUT2D eigenvalue weighted by Gasteiger charge is 2.22. The highest BCUT2D eigenvalue weighted by molar-refractivity contribution is 5.44.